The summed E-state index contributed by atoms with van der Waals surface area (Å²) < 4.78 is 1.42. The van der Waals surface area contributed by atoms with E-state index in [-0.39, 0.29) is 21.4 Å². The second kappa shape index (κ2) is 6.93. The Labute approximate surface area is 169 Å². The Balaban J connectivity index is 1.96. The molecule has 0 atom stereocenters. The highest BCUT2D eigenvalue weighted by Crippen LogP contribution is 2.21. The highest BCUT2D eigenvalue weighted by molar-refractivity contribution is 6.33. The minimum absolute atomic E-state index is 0.0575. The number of hydrogen-bond donors (Lipinski definition) is 2. The predicted molar refractivity (Wildman–Crippen MR) is 110 cm³/mol. The standard InChI is InChI=1S/C21H13ClN4O3/c1-11-14(9-23)19-25-17-4-2-3-5-18(17)26(19)20(27)15(11)10-24-12-6-7-16(22)13(8-12)21(28)29/h2-8,10,24H,1H3,(H,28,29)/b15-10+. The van der Waals surface area contributed by atoms with Crippen LogP contribution in [-0.2, 0) is 0 Å². The van der Waals surface area contributed by atoms with Crippen LogP contribution < -0.4 is 16.1 Å². The number of carboxylic acids is 1. The van der Waals surface area contributed by atoms with E-state index >= 15 is 0 Å². The van der Waals surface area contributed by atoms with Crippen molar-refractivity contribution in [2.45, 2.75) is 6.92 Å². The van der Waals surface area contributed by atoms with E-state index in [2.05, 4.69) is 16.4 Å². The molecule has 2 N–H and O–H groups in total. The van der Waals surface area contributed by atoms with Crippen LogP contribution in [0, 0.1) is 18.3 Å². The molecule has 0 saturated carbocycles. The molecule has 4 rings (SSSR count). The maximum absolute atomic E-state index is 13.2. The summed E-state index contributed by atoms with van der Waals surface area (Å²) in [5, 5.41) is 22.2. The number of para-hydroxylation sites is 2. The highest BCUT2D eigenvalue weighted by Gasteiger charge is 2.16. The van der Waals surface area contributed by atoms with Gasteiger partial charge in [0.05, 0.1) is 32.4 Å². The SMILES string of the molecule is Cc1c(C#N)c2nc3ccccc3n2c(=O)/c1=C/Nc1ccc(Cl)c(C(=O)O)c1. The maximum Gasteiger partial charge on any atom is 0.337 e. The molecule has 142 valence electrons. The van der Waals surface area contributed by atoms with Gasteiger partial charge >= 0.3 is 5.97 Å². The largest absolute Gasteiger partial charge is 0.478 e. The summed E-state index contributed by atoms with van der Waals surface area (Å²) >= 11 is 5.89. The first-order chi connectivity index (χ1) is 13.9. The minimum atomic E-state index is -1.16. The second-order valence-electron chi connectivity index (χ2n) is 6.38. The molecule has 4 aromatic rings. The number of carboxylic acid groups (broad SMARTS) is 1. The molecule has 29 heavy (non-hydrogen) atoms. The fraction of sp³-hybridized carbons (Fsp3) is 0.0476. The number of imidazole rings is 1. The van der Waals surface area contributed by atoms with Crippen molar-refractivity contribution in [1.29, 1.82) is 5.26 Å². The molecule has 2 heterocycles. The molecular weight excluding hydrogens is 392 g/mol. The number of aromatic nitrogens is 2. The Kier molecular flexibility index (Phi) is 4.41. The van der Waals surface area contributed by atoms with Crippen LogP contribution in [0.25, 0.3) is 22.9 Å². The number of hydrogen-bond acceptors (Lipinski definition) is 5. The number of carbonyl (C=O) groups is 1. The number of nitriles is 1. The van der Waals surface area contributed by atoms with Crippen molar-refractivity contribution in [2.24, 2.45) is 0 Å². The van der Waals surface area contributed by atoms with Gasteiger partial charge < -0.3 is 10.4 Å². The Morgan fingerprint density at radius 3 is 2.79 bits per heavy atom. The van der Waals surface area contributed by atoms with Crippen LogP contribution in [0.15, 0.2) is 47.3 Å². The summed E-state index contributed by atoms with van der Waals surface area (Å²) in [6.07, 6.45) is 1.46. The number of rotatable bonds is 3. The van der Waals surface area contributed by atoms with Gasteiger partial charge in [0, 0.05) is 11.9 Å². The number of benzene rings is 2. The maximum atomic E-state index is 13.2. The molecule has 0 saturated heterocycles. The molecular formula is C21H13ClN4O3. The number of nitrogens with zero attached hydrogens (tertiary/aromatic N) is 3. The Hall–Kier alpha value is -3.89. The van der Waals surface area contributed by atoms with Crippen LogP contribution in [0.2, 0.25) is 5.02 Å². The van der Waals surface area contributed by atoms with E-state index in [1.54, 1.807) is 31.2 Å². The van der Waals surface area contributed by atoms with Crippen LogP contribution >= 0.6 is 11.6 Å². The van der Waals surface area contributed by atoms with Crippen molar-refractivity contribution in [3.8, 4) is 6.07 Å². The number of halogens is 1. The summed E-state index contributed by atoms with van der Waals surface area (Å²) in [4.78, 5) is 28.9. The molecule has 2 aromatic heterocycles. The van der Waals surface area contributed by atoms with Crippen LogP contribution in [0.4, 0.5) is 5.69 Å². The molecule has 0 spiro atoms. The monoisotopic (exact) mass is 404 g/mol. The molecule has 0 unspecified atom stereocenters. The first kappa shape index (κ1) is 18.5. The van der Waals surface area contributed by atoms with Gasteiger partial charge in [0.1, 0.15) is 6.07 Å². The molecule has 0 amide bonds. The van der Waals surface area contributed by atoms with Crippen molar-refractivity contribution >= 4 is 46.1 Å². The van der Waals surface area contributed by atoms with Gasteiger partial charge in [0.15, 0.2) is 5.65 Å². The van der Waals surface area contributed by atoms with E-state index in [0.29, 0.717) is 33.5 Å². The summed E-state index contributed by atoms with van der Waals surface area (Å²) in [7, 11) is 0. The molecule has 7 nitrogen and oxygen atoms in total. The third-order valence-corrected chi connectivity index (χ3v) is 5.02. The van der Waals surface area contributed by atoms with Crippen LogP contribution in [0.5, 0.6) is 0 Å². The highest BCUT2D eigenvalue weighted by atomic mass is 35.5. The minimum Gasteiger partial charge on any atom is -0.478 e. The van der Waals surface area contributed by atoms with Gasteiger partial charge in [-0.05, 0) is 42.8 Å². The first-order valence-electron chi connectivity index (χ1n) is 8.56. The van der Waals surface area contributed by atoms with Gasteiger partial charge in [-0.15, -0.1) is 0 Å². The zero-order valence-electron chi connectivity index (χ0n) is 15.1. The summed E-state index contributed by atoms with van der Waals surface area (Å²) in [5.74, 6) is -1.16. The van der Waals surface area contributed by atoms with Gasteiger partial charge in [0.25, 0.3) is 5.56 Å². The van der Waals surface area contributed by atoms with Crippen molar-refractivity contribution in [1.82, 2.24) is 9.38 Å². The smallest absolute Gasteiger partial charge is 0.337 e. The lowest BCUT2D eigenvalue weighted by Gasteiger charge is -2.06. The molecule has 8 heteroatoms. The van der Waals surface area contributed by atoms with Crippen LogP contribution in [0.3, 0.4) is 0 Å². The van der Waals surface area contributed by atoms with Gasteiger partial charge in [0.2, 0.25) is 0 Å². The van der Waals surface area contributed by atoms with Crippen LogP contribution in [-0.4, -0.2) is 20.5 Å². The average Bonchev–Trinajstić information content (AvgIpc) is 3.08. The molecule has 0 bridgehead atoms. The Morgan fingerprint density at radius 2 is 2.07 bits per heavy atom. The molecule has 2 aromatic carbocycles. The van der Waals surface area contributed by atoms with E-state index in [1.165, 1.54) is 22.7 Å². The van der Waals surface area contributed by atoms with Gasteiger partial charge in [-0.3, -0.25) is 9.20 Å². The van der Waals surface area contributed by atoms with Crippen molar-refractivity contribution in [3.63, 3.8) is 0 Å². The lowest BCUT2D eigenvalue weighted by atomic mass is 10.1. The van der Waals surface area contributed by atoms with Gasteiger partial charge in [-0.25, -0.2) is 9.78 Å². The number of fused-ring (bicyclic) bond motifs is 3. The normalized spacial score (nSPS) is 11.7. The fourth-order valence-corrected chi connectivity index (χ4v) is 3.42. The predicted octanol–water partition coefficient (Wildman–Crippen LogP) is 2.95. The lowest BCUT2D eigenvalue weighted by Crippen LogP contribution is -2.34. The molecule has 0 fully saturated rings. The topological polar surface area (TPSA) is 107 Å². The molecule has 0 radical (unpaired) electrons. The van der Waals surface area contributed by atoms with Gasteiger partial charge in [-0.2, -0.15) is 5.26 Å². The number of pyridine rings is 1. The third kappa shape index (κ3) is 2.96. The van der Waals surface area contributed by atoms with Crippen molar-refractivity contribution < 1.29 is 9.90 Å². The second-order valence-corrected chi connectivity index (χ2v) is 6.79. The van der Waals surface area contributed by atoms with Crippen molar-refractivity contribution in [3.05, 3.63) is 79.8 Å². The molecule has 0 aliphatic rings. The summed E-state index contributed by atoms with van der Waals surface area (Å²) in [6.45, 7) is 1.68. The van der Waals surface area contributed by atoms with E-state index in [9.17, 15) is 20.0 Å². The zero-order chi connectivity index (χ0) is 20.7. The number of aromatic carboxylic acids is 1. The third-order valence-electron chi connectivity index (χ3n) is 4.69. The summed E-state index contributed by atoms with van der Waals surface area (Å²) in [6, 6.07) is 13.7. The van der Waals surface area contributed by atoms with E-state index in [4.69, 9.17) is 11.6 Å². The fourth-order valence-electron chi connectivity index (χ4n) is 3.22. The Morgan fingerprint density at radius 1 is 1.31 bits per heavy atom. The van der Waals surface area contributed by atoms with Crippen molar-refractivity contribution in [2.75, 3.05) is 5.32 Å². The van der Waals surface area contributed by atoms with E-state index in [0.717, 1.165) is 0 Å². The van der Waals surface area contributed by atoms with Gasteiger partial charge in [-0.1, -0.05) is 23.7 Å². The first-order valence-corrected chi connectivity index (χ1v) is 8.93. The lowest BCUT2D eigenvalue weighted by molar-refractivity contribution is 0.0697. The quantitative estimate of drug-likeness (QED) is 0.543. The zero-order valence-corrected chi connectivity index (χ0v) is 15.9. The van der Waals surface area contributed by atoms with E-state index in [1.807, 2.05) is 6.07 Å². The number of anilines is 1. The van der Waals surface area contributed by atoms with Crippen LogP contribution in [0.1, 0.15) is 21.5 Å². The molecule has 0 aliphatic carbocycles. The summed E-state index contributed by atoms with van der Waals surface area (Å²) in [5.41, 5.74) is 2.39. The Bertz CT molecular complexity index is 1470. The van der Waals surface area contributed by atoms with E-state index < -0.39 is 5.97 Å². The molecule has 0 aliphatic heterocycles. The average molecular weight is 405 g/mol. The number of nitrogens with one attached hydrogen (secondary N) is 1.